The first-order valence-corrected chi connectivity index (χ1v) is 16.6. The van der Waals surface area contributed by atoms with Crippen LogP contribution in [0.25, 0.3) is 0 Å². The Bertz CT molecular complexity index is 1740. The van der Waals surface area contributed by atoms with Gasteiger partial charge in [-0.15, -0.1) is 0 Å². The number of hydrogen-bond donors (Lipinski definition) is 1. The molecule has 0 aliphatic rings. The predicted octanol–water partition coefficient (Wildman–Crippen LogP) is 6.80. The van der Waals surface area contributed by atoms with E-state index < -0.39 is 40.2 Å². The van der Waals surface area contributed by atoms with E-state index in [1.165, 1.54) is 53.4 Å². The third-order valence-electron chi connectivity index (χ3n) is 7.20. The Hall–Kier alpha value is -3.92. The summed E-state index contributed by atoms with van der Waals surface area (Å²) in [6, 6.07) is 24.5. The lowest BCUT2D eigenvalue weighted by molar-refractivity contribution is -0.140. The minimum absolute atomic E-state index is 0.0471. The molecule has 0 aromatic heterocycles. The Kier molecular flexibility index (Phi) is 11.6. The first kappa shape index (κ1) is 34.0. The molecule has 4 aromatic carbocycles. The molecule has 2 amide bonds. The first-order chi connectivity index (χ1) is 21.5. The zero-order valence-corrected chi connectivity index (χ0v) is 27.2. The van der Waals surface area contributed by atoms with Gasteiger partial charge in [-0.25, -0.2) is 12.8 Å². The third-order valence-corrected chi connectivity index (χ3v) is 9.72. The quantitative estimate of drug-likeness (QED) is 0.170. The largest absolute Gasteiger partial charge is 0.354 e. The Balaban J connectivity index is 1.82. The SMILES string of the molecule is CCCNC(=O)[C@@H](Cc1ccccc1)N(Cc1ccccc1F)C(=O)CN(c1ccc(Cl)c(Cl)c1)S(=O)(=O)c1ccc(C)cc1. The number of aryl methyl sites for hydroxylation is 1. The van der Waals surface area contributed by atoms with E-state index >= 15 is 0 Å². The standard InChI is InChI=1S/C34H34Cl2FN3O4S/c1-3-19-38-34(42)32(20-25-9-5-4-6-10-25)39(22-26-11-7-8-12-31(26)37)33(41)23-40(27-15-18-29(35)30(36)21-27)45(43,44)28-16-13-24(2)14-17-28/h4-18,21,32H,3,19-20,22-23H2,1-2H3,(H,38,42)/t32-/m1/s1. The van der Waals surface area contributed by atoms with E-state index in [-0.39, 0.29) is 39.2 Å². The Morgan fingerprint density at radius 1 is 0.889 bits per heavy atom. The molecule has 4 aromatic rings. The highest BCUT2D eigenvalue weighted by molar-refractivity contribution is 7.92. The first-order valence-electron chi connectivity index (χ1n) is 14.4. The Morgan fingerprint density at radius 2 is 1.56 bits per heavy atom. The number of halogens is 3. The summed E-state index contributed by atoms with van der Waals surface area (Å²) in [5, 5.41) is 3.16. The molecule has 45 heavy (non-hydrogen) atoms. The highest BCUT2D eigenvalue weighted by Crippen LogP contribution is 2.31. The molecule has 0 aliphatic carbocycles. The third kappa shape index (κ3) is 8.63. The molecular weight excluding hydrogens is 636 g/mol. The summed E-state index contributed by atoms with van der Waals surface area (Å²) in [6.45, 7) is 3.12. The fraction of sp³-hybridized carbons (Fsp3) is 0.235. The van der Waals surface area contributed by atoms with Crippen molar-refractivity contribution in [3.8, 4) is 0 Å². The second-order valence-electron chi connectivity index (χ2n) is 10.5. The molecule has 0 aliphatic heterocycles. The lowest BCUT2D eigenvalue weighted by Gasteiger charge is -2.34. The summed E-state index contributed by atoms with van der Waals surface area (Å²) < 4.78 is 44.1. The summed E-state index contributed by atoms with van der Waals surface area (Å²) in [6.07, 6.45) is 0.777. The summed E-state index contributed by atoms with van der Waals surface area (Å²) in [5.74, 6) is -1.71. The minimum atomic E-state index is -4.32. The fourth-order valence-electron chi connectivity index (χ4n) is 4.74. The average molecular weight is 671 g/mol. The van der Waals surface area contributed by atoms with Gasteiger partial charge in [0.1, 0.15) is 18.4 Å². The van der Waals surface area contributed by atoms with Crippen molar-refractivity contribution in [3.05, 3.63) is 130 Å². The van der Waals surface area contributed by atoms with Gasteiger partial charge in [-0.2, -0.15) is 0 Å². The smallest absolute Gasteiger partial charge is 0.264 e. The van der Waals surface area contributed by atoms with Crippen molar-refractivity contribution in [2.75, 3.05) is 17.4 Å². The van der Waals surface area contributed by atoms with E-state index in [0.29, 0.717) is 13.0 Å². The van der Waals surface area contributed by atoms with Crippen molar-refractivity contribution < 1.29 is 22.4 Å². The fourth-order valence-corrected chi connectivity index (χ4v) is 6.43. The van der Waals surface area contributed by atoms with Gasteiger partial charge in [-0.1, -0.05) is 96.4 Å². The molecule has 0 heterocycles. The van der Waals surface area contributed by atoms with Crippen molar-refractivity contribution >= 4 is 50.7 Å². The van der Waals surface area contributed by atoms with Crippen LogP contribution < -0.4 is 9.62 Å². The zero-order valence-electron chi connectivity index (χ0n) is 24.9. The second kappa shape index (κ2) is 15.4. The van der Waals surface area contributed by atoms with Crippen LogP contribution in [-0.2, 0) is 32.6 Å². The number of carbonyl (C=O) groups excluding carboxylic acids is 2. The molecule has 0 fully saturated rings. The van der Waals surface area contributed by atoms with E-state index in [1.54, 1.807) is 18.2 Å². The molecule has 0 bridgehead atoms. The van der Waals surface area contributed by atoms with Gasteiger partial charge in [0.05, 0.1) is 20.6 Å². The van der Waals surface area contributed by atoms with Crippen LogP contribution in [0.2, 0.25) is 10.0 Å². The van der Waals surface area contributed by atoms with E-state index in [9.17, 15) is 22.4 Å². The summed E-state index contributed by atoms with van der Waals surface area (Å²) in [5.41, 5.74) is 1.90. The molecule has 1 N–H and O–H groups in total. The summed E-state index contributed by atoms with van der Waals surface area (Å²) in [4.78, 5) is 29.2. The van der Waals surface area contributed by atoms with Crippen LogP contribution in [0.15, 0.2) is 102 Å². The van der Waals surface area contributed by atoms with Crippen LogP contribution >= 0.6 is 23.2 Å². The molecule has 7 nitrogen and oxygen atoms in total. The lowest BCUT2D eigenvalue weighted by atomic mass is 10.0. The maximum Gasteiger partial charge on any atom is 0.264 e. The molecule has 1 atom stereocenters. The number of nitrogens with one attached hydrogen (secondary N) is 1. The van der Waals surface area contributed by atoms with Crippen LogP contribution in [0.4, 0.5) is 10.1 Å². The summed E-state index contributed by atoms with van der Waals surface area (Å²) >= 11 is 12.4. The highest BCUT2D eigenvalue weighted by Gasteiger charge is 2.35. The number of hydrogen-bond acceptors (Lipinski definition) is 4. The van der Waals surface area contributed by atoms with Gasteiger partial charge < -0.3 is 10.2 Å². The van der Waals surface area contributed by atoms with E-state index in [4.69, 9.17) is 23.2 Å². The maximum atomic E-state index is 15.0. The van der Waals surface area contributed by atoms with E-state index in [2.05, 4.69) is 5.32 Å². The van der Waals surface area contributed by atoms with Crippen LogP contribution in [0.1, 0.15) is 30.0 Å². The van der Waals surface area contributed by atoms with Gasteiger partial charge in [-0.05, 0) is 55.3 Å². The average Bonchev–Trinajstić information content (AvgIpc) is 3.03. The molecule has 236 valence electrons. The van der Waals surface area contributed by atoms with E-state index in [1.807, 2.05) is 44.2 Å². The highest BCUT2D eigenvalue weighted by atomic mass is 35.5. The predicted molar refractivity (Wildman–Crippen MR) is 176 cm³/mol. The van der Waals surface area contributed by atoms with Crippen molar-refractivity contribution in [1.82, 2.24) is 10.2 Å². The van der Waals surface area contributed by atoms with Crippen molar-refractivity contribution in [2.24, 2.45) is 0 Å². The zero-order chi connectivity index (χ0) is 32.6. The molecule has 0 spiro atoms. The number of benzene rings is 4. The van der Waals surface area contributed by atoms with Gasteiger partial charge in [0, 0.05) is 25.1 Å². The maximum absolute atomic E-state index is 15.0. The normalized spacial score (nSPS) is 11.9. The molecule has 0 unspecified atom stereocenters. The number of anilines is 1. The van der Waals surface area contributed by atoms with Gasteiger partial charge in [0.2, 0.25) is 11.8 Å². The number of amides is 2. The van der Waals surface area contributed by atoms with Crippen LogP contribution in [0, 0.1) is 12.7 Å². The van der Waals surface area contributed by atoms with Crippen LogP contribution in [0.3, 0.4) is 0 Å². The topological polar surface area (TPSA) is 86.8 Å². The van der Waals surface area contributed by atoms with Gasteiger partial charge >= 0.3 is 0 Å². The van der Waals surface area contributed by atoms with Crippen LogP contribution in [-0.4, -0.2) is 44.3 Å². The molecule has 0 saturated carbocycles. The van der Waals surface area contributed by atoms with Gasteiger partial charge in [0.15, 0.2) is 0 Å². The van der Waals surface area contributed by atoms with Gasteiger partial charge in [-0.3, -0.25) is 13.9 Å². The Labute approximate surface area is 273 Å². The number of sulfonamides is 1. The molecular formula is C34H34Cl2FN3O4S. The van der Waals surface area contributed by atoms with Crippen LogP contribution in [0.5, 0.6) is 0 Å². The second-order valence-corrected chi connectivity index (χ2v) is 13.2. The minimum Gasteiger partial charge on any atom is -0.354 e. The lowest BCUT2D eigenvalue weighted by Crippen LogP contribution is -2.53. The monoisotopic (exact) mass is 669 g/mol. The number of nitrogens with zero attached hydrogens (tertiary/aromatic N) is 2. The molecule has 4 rings (SSSR count). The van der Waals surface area contributed by atoms with Crippen molar-refractivity contribution in [2.45, 2.75) is 44.2 Å². The number of carbonyl (C=O) groups is 2. The Morgan fingerprint density at radius 3 is 2.20 bits per heavy atom. The van der Waals surface area contributed by atoms with Gasteiger partial charge in [0.25, 0.3) is 10.0 Å². The number of rotatable bonds is 13. The summed E-state index contributed by atoms with van der Waals surface area (Å²) in [7, 11) is -4.32. The molecule has 0 saturated heterocycles. The molecule has 0 radical (unpaired) electrons. The molecule has 11 heteroatoms. The van der Waals surface area contributed by atoms with E-state index in [0.717, 1.165) is 15.4 Å². The van der Waals surface area contributed by atoms with Crippen molar-refractivity contribution in [1.29, 1.82) is 0 Å². The van der Waals surface area contributed by atoms with Crippen molar-refractivity contribution in [3.63, 3.8) is 0 Å².